The lowest BCUT2D eigenvalue weighted by Gasteiger charge is -2.56. The highest BCUT2D eigenvalue weighted by Gasteiger charge is 2.52. The minimum atomic E-state index is -5.66. The van der Waals surface area contributed by atoms with Crippen molar-refractivity contribution in [1.82, 2.24) is 5.32 Å². The molecule has 1 saturated carbocycles. The van der Waals surface area contributed by atoms with Gasteiger partial charge in [0.05, 0.1) is 0 Å². The first-order valence-corrected chi connectivity index (χ1v) is 10.4. The Hall–Kier alpha value is -1.28. The number of fused-ring (bicyclic) bond motifs is 1. The quantitative estimate of drug-likeness (QED) is 0.621. The maximum absolute atomic E-state index is 12.7. The Morgan fingerprint density at radius 3 is 2.73 bits per heavy atom. The third-order valence-electron chi connectivity index (χ3n) is 6.46. The van der Waals surface area contributed by atoms with Crippen LogP contribution < -0.4 is 9.50 Å². The molecule has 0 aromatic heterocycles. The third-order valence-corrected chi connectivity index (χ3v) is 7.44. The molecule has 1 aromatic carbocycles. The molecule has 144 valence electrons. The normalized spacial score (nSPS) is 31.1. The zero-order chi connectivity index (χ0) is 18.7. The van der Waals surface area contributed by atoms with Crippen LogP contribution in [0.4, 0.5) is 13.2 Å². The van der Waals surface area contributed by atoms with Crippen molar-refractivity contribution in [3.8, 4) is 5.75 Å². The minimum Gasteiger partial charge on any atom is -0.376 e. The Morgan fingerprint density at radius 2 is 2.00 bits per heavy atom. The fourth-order valence-electron chi connectivity index (χ4n) is 5.41. The van der Waals surface area contributed by atoms with Crippen LogP contribution in [-0.2, 0) is 22.0 Å². The average Bonchev–Trinajstić information content (AvgIpc) is 2.54. The number of rotatable bonds is 2. The molecule has 2 aliphatic carbocycles. The molecule has 3 atom stereocenters. The average molecular weight is 389 g/mol. The fourth-order valence-corrected chi connectivity index (χ4v) is 5.85. The third kappa shape index (κ3) is 2.64. The van der Waals surface area contributed by atoms with Crippen molar-refractivity contribution in [1.29, 1.82) is 0 Å². The largest absolute Gasteiger partial charge is 0.534 e. The summed E-state index contributed by atoms with van der Waals surface area (Å²) in [6, 6.07) is 3.37. The monoisotopic (exact) mass is 389 g/mol. The smallest absolute Gasteiger partial charge is 0.376 e. The Bertz CT molecular complexity index is 833. The van der Waals surface area contributed by atoms with Crippen LogP contribution in [0.1, 0.15) is 48.8 Å². The molecule has 2 fully saturated rings. The van der Waals surface area contributed by atoms with E-state index in [2.05, 4.69) is 9.50 Å². The van der Waals surface area contributed by atoms with Crippen LogP contribution in [0.2, 0.25) is 0 Å². The van der Waals surface area contributed by atoms with E-state index >= 15 is 0 Å². The van der Waals surface area contributed by atoms with Gasteiger partial charge in [0.2, 0.25) is 0 Å². The summed E-state index contributed by atoms with van der Waals surface area (Å²) < 4.78 is 65.5. The fraction of sp³-hybridized carbons (Fsp3) is 0.667. The van der Waals surface area contributed by atoms with Crippen molar-refractivity contribution in [2.24, 2.45) is 5.92 Å². The van der Waals surface area contributed by atoms with Gasteiger partial charge in [-0.2, -0.15) is 21.6 Å². The highest BCUT2D eigenvalue weighted by molar-refractivity contribution is 7.88. The Labute approximate surface area is 151 Å². The predicted octanol–water partition coefficient (Wildman–Crippen LogP) is 3.57. The summed E-state index contributed by atoms with van der Waals surface area (Å²) in [5, 5.41) is 3.61. The van der Waals surface area contributed by atoms with Crippen molar-refractivity contribution >= 4 is 10.1 Å². The molecule has 3 aliphatic rings. The minimum absolute atomic E-state index is 0.0755. The molecule has 0 radical (unpaired) electrons. The molecule has 0 amide bonds. The van der Waals surface area contributed by atoms with Crippen LogP contribution in [0.3, 0.4) is 0 Å². The van der Waals surface area contributed by atoms with Gasteiger partial charge in [0.1, 0.15) is 5.75 Å². The molecule has 4 rings (SSSR count). The number of benzene rings is 1. The summed E-state index contributed by atoms with van der Waals surface area (Å²) in [4.78, 5) is 0. The second kappa shape index (κ2) is 5.86. The molecule has 1 saturated heterocycles. The summed E-state index contributed by atoms with van der Waals surface area (Å²) in [7, 11) is -5.66. The number of alkyl halides is 3. The molecule has 1 aromatic rings. The first-order chi connectivity index (χ1) is 12.1. The van der Waals surface area contributed by atoms with Crippen LogP contribution in [-0.4, -0.2) is 26.5 Å². The second-order valence-electron chi connectivity index (χ2n) is 7.77. The van der Waals surface area contributed by atoms with Gasteiger partial charge in [-0.05, 0) is 73.9 Å². The Kier molecular flexibility index (Phi) is 4.08. The summed E-state index contributed by atoms with van der Waals surface area (Å²) >= 11 is 0. The van der Waals surface area contributed by atoms with E-state index < -0.39 is 15.6 Å². The van der Waals surface area contributed by atoms with Crippen LogP contribution in [0.25, 0.3) is 0 Å². The molecule has 0 spiro atoms. The highest BCUT2D eigenvalue weighted by atomic mass is 32.2. The number of piperidine rings is 1. The predicted molar refractivity (Wildman–Crippen MR) is 90.5 cm³/mol. The van der Waals surface area contributed by atoms with Crippen LogP contribution in [0, 0.1) is 12.8 Å². The van der Waals surface area contributed by atoms with Crippen molar-refractivity contribution in [3.05, 3.63) is 28.8 Å². The van der Waals surface area contributed by atoms with Crippen LogP contribution >= 0.6 is 0 Å². The van der Waals surface area contributed by atoms with Gasteiger partial charge in [0.25, 0.3) is 0 Å². The second-order valence-corrected chi connectivity index (χ2v) is 9.31. The van der Waals surface area contributed by atoms with E-state index in [4.69, 9.17) is 0 Å². The van der Waals surface area contributed by atoms with Gasteiger partial charge in [0, 0.05) is 11.5 Å². The van der Waals surface area contributed by atoms with Gasteiger partial charge >= 0.3 is 15.6 Å². The first-order valence-electron chi connectivity index (χ1n) is 9.02. The molecule has 1 aliphatic heterocycles. The van der Waals surface area contributed by atoms with Crippen LogP contribution in [0.15, 0.2) is 12.1 Å². The topological polar surface area (TPSA) is 55.4 Å². The maximum Gasteiger partial charge on any atom is 0.534 e. The number of hydrogen-bond donors (Lipinski definition) is 1. The summed E-state index contributed by atoms with van der Waals surface area (Å²) in [6.45, 7) is 2.70. The summed E-state index contributed by atoms with van der Waals surface area (Å²) in [5.41, 5.74) is -2.56. The molecule has 4 nitrogen and oxygen atoms in total. The SMILES string of the molecule is Cc1cc(OS(=O)(=O)C(F)(F)F)cc2c1CC1NCCC23CCCCC13. The number of hydrogen-bond acceptors (Lipinski definition) is 4. The van der Waals surface area contributed by atoms with E-state index in [1.54, 1.807) is 6.07 Å². The molecule has 1 heterocycles. The maximum atomic E-state index is 12.7. The molecule has 26 heavy (non-hydrogen) atoms. The van der Waals surface area contributed by atoms with E-state index in [0.717, 1.165) is 61.8 Å². The summed E-state index contributed by atoms with van der Waals surface area (Å²) in [5.74, 6) is 0.223. The molecular weight excluding hydrogens is 367 g/mol. The number of nitrogens with one attached hydrogen (secondary N) is 1. The van der Waals surface area contributed by atoms with Gasteiger partial charge in [0.15, 0.2) is 0 Å². The summed E-state index contributed by atoms with van der Waals surface area (Å²) in [6.07, 6.45) is 6.11. The molecule has 3 unspecified atom stereocenters. The zero-order valence-corrected chi connectivity index (χ0v) is 15.3. The van der Waals surface area contributed by atoms with Gasteiger partial charge < -0.3 is 9.50 Å². The van der Waals surface area contributed by atoms with E-state index in [0.29, 0.717) is 12.0 Å². The van der Waals surface area contributed by atoms with Gasteiger partial charge in [-0.25, -0.2) is 0 Å². The zero-order valence-electron chi connectivity index (χ0n) is 14.5. The van der Waals surface area contributed by atoms with E-state index in [1.165, 1.54) is 6.07 Å². The van der Waals surface area contributed by atoms with E-state index in [1.807, 2.05) is 6.92 Å². The molecular formula is C18H22F3NO3S. The van der Waals surface area contributed by atoms with Gasteiger partial charge in [-0.1, -0.05) is 12.8 Å². The van der Waals surface area contributed by atoms with Gasteiger partial charge in [-0.3, -0.25) is 0 Å². The van der Waals surface area contributed by atoms with Crippen molar-refractivity contribution in [2.75, 3.05) is 6.54 Å². The number of halogens is 3. The van der Waals surface area contributed by atoms with Crippen molar-refractivity contribution < 1.29 is 25.8 Å². The molecule has 8 heteroatoms. The standard InChI is InChI=1S/C18H22F3NO3S/c1-11-8-12(25-26(23,24)18(19,20)21)9-15-13(11)10-16-14-4-2-3-5-17(14,15)6-7-22-16/h8-9,14,16,22H,2-7,10H2,1H3. The lowest BCUT2D eigenvalue weighted by molar-refractivity contribution is -0.0500. The lowest BCUT2D eigenvalue weighted by atomic mass is 9.52. The molecule has 1 N–H and O–H groups in total. The first kappa shape index (κ1) is 18.1. The highest BCUT2D eigenvalue weighted by Crippen LogP contribution is 2.55. The van der Waals surface area contributed by atoms with Crippen molar-refractivity contribution in [2.45, 2.75) is 62.4 Å². The van der Waals surface area contributed by atoms with Crippen LogP contribution in [0.5, 0.6) is 5.75 Å². The van der Waals surface area contributed by atoms with Gasteiger partial charge in [-0.15, -0.1) is 0 Å². The molecule has 2 bridgehead atoms. The van der Waals surface area contributed by atoms with E-state index in [-0.39, 0.29) is 11.2 Å². The van der Waals surface area contributed by atoms with Crippen molar-refractivity contribution in [3.63, 3.8) is 0 Å². The van der Waals surface area contributed by atoms with E-state index in [9.17, 15) is 21.6 Å². The lowest BCUT2D eigenvalue weighted by Crippen LogP contribution is -2.59. The Balaban J connectivity index is 1.81. The Morgan fingerprint density at radius 1 is 1.23 bits per heavy atom. The number of aryl methyl sites for hydroxylation is 1.